The number of carbonyl (C=O) groups is 1. The van der Waals surface area contributed by atoms with E-state index in [1.165, 1.54) is 0 Å². The van der Waals surface area contributed by atoms with E-state index in [0.717, 1.165) is 43.2 Å². The lowest BCUT2D eigenvalue weighted by atomic mass is 10.1. The molecule has 7 nitrogen and oxygen atoms in total. The molecule has 1 amide bonds. The molecule has 2 heterocycles. The van der Waals surface area contributed by atoms with Gasteiger partial charge in [0, 0.05) is 37.4 Å². The highest BCUT2D eigenvalue weighted by Crippen LogP contribution is 2.30. The zero-order valence-corrected chi connectivity index (χ0v) is 19.0. The molecule has 2 saturated heterocycles. The van der Waals surface area contributed by atoms with Crippen LogP contribution in [-0.4, -0.2) is 62.2 Å². The number of rotatable bonds is 7. The van der Waals surface area contributed by atoms with Crippen LogP contribution in [0, 0.1) is 6.92 Å². The van der Waals surface area contributed by atoms with Crippen LogP contribution >= 0.6 is 0 Å². The van der Waals surface area contributed by atoms with Crippen molar-refractivity contribution in [1.82, 2.24) is 0 Å². The maximum atomic E-state index is 13.0. The van der Waals surface area contributed by atoms with Gasteiger partial charge in [-0.25, -0.2) is 0 Å². The molecule has 4 rings (SSSR count). The standard InChI is InChI=1S/C25H32N2O5/c1-18-16-20(6-9-22(18)31-17-25(2,3)29)27-11-10-23(24(27)28)32-21-7-4-19(5-8-21)26-12-14-30-15-13-26/h4-9,16,23,29H,10-15,17H2,1-3H3. The van der Waals surface area contributed by atoms with Gasteiger partial charge in [0.15, 0.2) is 6.10 Å². The number of amides is 1. The SMILES string of the molecule is Cc1cc(N2CCC(Oc3ccc(N4CCOCC4)cc3)C2=O)ccc1OCC(C)(C)O. The minimum absolute atomic E-state index is 0.0354. The molecule has 32 heavy (non-hydrogen) atoms. The lowest BCUT2D eigenvalue weighted by molar-refractivity contribution is -0.122. The molecule has 1 unspecified atom stereocenters. The van der Waals surface area contributed by atoms with E-state index in [9.17, 15) is 9.90 Å². The quantitative estimate of drug-likeness (QED) is 0.713. The van der Waals surface area contributed by atoms with Gasteiger partial charge in [-0.2, -0.15) is 0 Å². The maximum Gasteiger partial charge on any atom is 0.268 e. The molecule has 0 bridgehead atoms. The molecular weight excluding hydrogens is 408 g/mol. The molecule has 172 valence electrons. The second-order valence-corrected chi connectivity index (χ2v) is 9.03. The van der Waals surface area contributed by atoms with Gasteiger partial charge in [-0.1, -0.05) is 0 Å². The third kappa shape index (κ3) is 5.34. The summed E-state index contributed by atoms with van der Waals surface area (Å²) in [5.41, 5.74) is 1.99. The fourth-order valence-electron chi connectivity index (χ4n) is 3.96. The first-order valence-corrected chi connectivity index (χ1v) is 11.2. The van der Waals surface area contributed by atoms with Crippen LogP contribution < -0.4 is 19.3 Å². The first-order chi connectivity index (χ1) is 15.3. The topological polar surface area (TPSA) is 71.5 Å². The van der Waals surface area contributed by atoms with E-state index in [4.69, 9.17) is 14.2 Å². The Morgan fingerprint density at radius 1 is 1.06 bits per heavy atom. The van der Waals surface area contributed by atoms with Gasteiger partial charge in [0.25, 0.3) is 5.91 Å². The molecule has 0 radical (unpaired) electrons. The van der Waals surface area contributed by atoms with Crippen LogP contribution in [0.1, 0.15) is 25.8 Å². The number of nitrogens with zero attached hydrogens (tertiary/aromatic N) is 2. The normalized spacial score (nSPS) is 19.4. The third-order valence-corrected chi connectivity index (χ3v) is 5.70. The van der Waals surface area contributed by atoms with Gasteiger partial charge in [0.05, 0.1) is 18.8 Å². The Balaban J connectivity index is 1.37. The average molecular weight is 441 g/mol. The molecular formula is C25H32N2O5. The van der Waals surface area contributed by atoms with Crippen molar-refractivity contribution in [2.45, 2.75) is 38.9 Å². The van der Waals surface area contributed by atoms with Gasteiger partial charge in [-0.15, -0.1) is 0 Å². The van der Waals surface area contributed by atoms with Crippen LogP contribution in [0.3, 0.4) is 0 Å². The van der Waals surface area contributed by atoms with Crippen molar-refractivity contribution in [2.24, 2.45) is 0 Å². The van der Waals surface area contributed by atoms with Crippen LogP contribution in [0.4, 0.5) is 11.4 Å². The first kappa shape index (κ1) is 22.4. The molecule has 0 aromatic heterocycles. The summed E-state index contributed by atoms with van der Waals surface area (Å²) in [5, 5.41) is 9.86. The number of morpholine rings is 1. The minimum Gasteiger partial charge on any atom is -0.490 e. The number of benzene rings is 2. The summed E-state index contributed by atoms with van der Waals surface area (Å²) in [6.45, 7) is 9.43. The van der Waals surface area contributed by atoms with Gasteiger partial charge in [0.1, 0.15) is 18.1 Å². The molecule has 1 N–H and O–H groups in total. The summed E-state index contributed by atoms with van der Waals surface area (Å²) in [7, 11) is 0. The molecule has 0 aliphatic carbocycles. The Hall–Kier alpha value is -2.77. The predicted octanol–water partition coefficient (Wildman–Crippen LogP) is 3.17. The summed E-state index contributed by atoms with van der Waals surface area (Å²) >= 11 is 0. The van der Waals surface area contributed by atoms with Gasteiger partial charge < -0.3 is 29.1 Å². The van der Waals surface area contributed by atoms with Gasteiger partial charge in [-0.3, -0.25) is 4.79 Å². The molecule has 2 fully saturated rings. The highest BCUT2D eigenvalue weighted by molar-refractivity contribution is 5.99. The molecule has 2 aliphatic rings. The van der Waals surface area contributed by atoms with Crippen LogP contribution in [0.25, 0.3) is 0 Å². The molecule has 7 heteroatoms. The summed E-state index contributed by atoms with van der Waals surface area (Å²) in [6, 6.07) is 13.6. The van der Waals surface area contributed by atoms with Crippen molar-refractivity contribution in [2.75, 3.05) is 49.3 Å². The molecule has 2 aromatic carbocycles. The molecule has 2 aliphatic heterocycles. The van der Waals surface area contributed by atoms with E-state index in [2.05, 4.69) is 4.90 Å². The smallest absolute Gasteiger partial charge is 0.268 e. The third-order valence-electron chi connectivity index (χ3n) is 5.70. The van der Waals surface area contributed by atoms with E-state index in [0.29, 0.717) is 24.5 Å². The van der Waals surface area contributed by atoms with Crippen LogP contribution in [-0.2, 0) is 9.53 Å². The molecule has 0 spiro atoms. The van der Waals surface area contributed by atoms with Gasteiger partial charge in [-0.05, 0) is 68.8 Å². The van der Waals surface area contributed by atoms with E-state index in [1.54, 1.807) is 18.7 Å². The monoisotopic (exact) mass is 440 g/mol. The minimum atomic E-state index is -0.902. The zero-order chi connectivity index (χ0) is 22.7. The van der Waals surface area contributed by atoms with Crippen molar-refractivity contribution in [3.8, 4) is 11.5 Å². The summed E-state index contributed by atoms with van der Waals surface area (Å²) < 4.78 is 17.1. The van der Waals surface area contributed by atoms with E-state index < -0.39 is 11.7 Å². The number of aliphatic hydroxyl groups is 1. The second kappa shape index (κ2) is 9.38. The van der Waals surface area contributed by atoms with Gasteiger partial charge >= 0.3 is 0 Å². The molecule has 0 saturated carbocycles. The lowest BCUT2D eigenvalue weighted by Crippen LogP contribution is -2.36. The number of hydrogen-bond acceptors (Lipinski definition) is 6. The van der Waals surface area contributed by atoms with Gasteiger partial charge in [0.2, 0.25) is 0 Å². The zero-order valence-electron chi connectivity index (χ0n) is 19.0. The molecule has 1 atom stereocenters. The largest absolute Gasteiger partial charge is 0.490 e. The van der Waals surface area contributed by atoms with Crippen molar-refractivity contribution in [3.05, 3.63) is 48.0 Å². The number of ether oxygens (including phenoxy) is 3. The number of anilines is 2. The Kier molecular flexibility index (Phi) is 6.58. The summed E-state index contributed by atoms with van der Waals surface area (Å²) in [6.07, 6.45) is 0.149. The summed E-state index contributed by atoms with van der Waals surface area (Å²) in [4.78, 5) is 17.0. The maximum absolute atomic E-state index is 13.0. The van der Waals surface area contributed by atoms with Crippen molar-refractivity contribution in [3.63, 3.8) is 0 Å². The number of hydrogen-bond donors (Lipinski definition) is 1. The van der Waals surface area contributed by atoms with Crippen LogP contribution in [0.5, 0.6) is 11.5 Å². The van der Waals surface area contributed by atoms with Crippen molar-refractivity contribution in [1.29, 1.82) is 0 Å². The Morgan fingerprint density at radius 3 is 2.41 bits per heavy atom. The first-order valence-electron chi connectivity index (χ1n) is 11.2. The Bertz CT molecular complexity index is 932. The van der Waals surface area contributed by atoms with Crippen LogP contribution in [0.2, 0.25) is 0 Å². The lowest BCUT2D eigenvalue weighted by Gasteiger charge is -2.29. The van der Waals surface area contributed by atoms with E-state index >= 15 is 0 Å². The average Bonchev–Trinajstić information content (AvgIpc) is 3.13. The Morgan fingerprint density at radius 2 is 1.75 bits per heavy atom. The van der Waals surface area contributed by atoms with E-state index in [1.807, 2.05) is 49.4 Å². The van der Waals surface area contributed by atoms with Crippen molar-refractivity contribution >= 4 is 17.3 Å². The second-order valence-electron chi connectivity index (χ2n) is 9.03. The summed E-state index contributed by atoms with van der Waals surface area (Å²) in [5.74, 6) is 1.37. The Labute approximate surface area is 189 Å². The number of aryl methyl sites for hydroxylation is 1. The predicted molar refractivity (Wildman–Crippen MR) is 124 cm³/mol. The molecule has 2 aromatic rings. The van der Waals surface area contributed by atoms with Crippen LogP contribution in [0.15, 0.2) is 42.5 Å². The number of carbonyl (C=O) groups excluding carboxylic acids is 1. The highest BCUT2D eigenvalue weighted by Gasteiger charge is 2.34. The highest BCUT2D eigenvalue weighted by atomic mass is 16.5. The fraction of sp³-hybridized carbons (Fsp3) is 0.480. The van der Waals surface area contributed by atoms with Crippen molar-refractivity contribution < 1.29 is 24.1 Å². The van der Waals surface area contributed by atoms with E-state index in [-0.39, 0.29) is 12.5 Å². The fourth-order valence-corrected chi connectivity index (χ4v) is 3.96.